The van der Waals surface area contributed by atoms with Crippen LogP contribution in [0.2, 0.25) is 0 Å². The van der Waals surface area contributed by atoms with E-state index in [-0.39, 0.29) is 16.6 Å². The Kier molecular flexibility index (Phi) is 9.28. The molecule has 9 rings (SSSR count). The molecule has 0 bridgehead atoms. The number of benzene rings is 6. The SMILES string of the molecule is CC(C)(C)c1cc(-c2cc(-c3cc(F)cc(-c4cc(-c5cccc6c7ccccc7n(-c7ccccc7)c56)ccn4)c3)nc(-c3ccccc3O)c2)cc(C(C)(C)C)c1. The first-order chi connectivity index (χ1) is 28.3. The van der Waals surface area contributed by atoms with Crippen LogP contribution in [0, 0.1) is 5.82 Å². The van der Waals surface area contributed by atoms with Crippen LogP contribution in [0.4, 0.5) is 4.39 Å². The van der Waals surface area contributed by atoms with E-state index < -0.39 is 5.82 Å². The zero-order chi connectivity index (χ0) is 41.1. The van der Waals surface area contributed by atoms with E-state index in [4.69, 9.17) is 9.97 Å². The zero-order valence-electron chi connectivity index (χ0n) is 34.3. The summed E-state index contributed by atoms with van der Waals surface area (Å²) in [5.41, 5.74) is 13.3. The van der Waals surface area contributed by atoms with Gasteiger partial charge in [-0.05, 0) is 111 Å². The van der Waals surface area contributed by atoms with Crippen molar-refractivity contribution in [1.29, 1.82) is 0 Å². The first-order valence-corrected chi connectivity index (χ1v) is 20.1. The Morgan fingerprint density at radius 1 is 0.492 bits per heavy atom. The summed E-state index contributed by atoms with van der Waals surface area (Å²) in [6, 6.07) is 52.5. The second-order valence-electron chi connectivity index (χ2n) is 17.5. The van der Waals surface area contributed by atoms with Gasteiger partial charge in [0.05, 0.1) is 28.1 Å². The predicted molar refractivity (Wildman–Crippen MR) is 243 cm³/mol. The number of rotatable bonds is 6. The maximum absolute atomic E-state index is 16.0. The summed E-state index contributed by atoms with van der Waals surface area (Å²) in [7, 11) is 0. The smallest absolute Gasteiger partial charge is 0.124 e. The summed E-state index contributed by atoms with van der Waals surface area (Å²) in [6.45, 7) is 13.4. The van der Waals surface area contributed by atoms with Crippen molar-refractivity contribution in [2.45, 2.75) is 52.4 Å². The number of phenolic OH excluding ortho intramolecular Hbond substituents is 1. The molecule has 3 heterocycles. The highest BCUT2D eigenvalue weighted by Crippen LogP contribution is 2.41. The van der Waals surface area contributed by atoms with Crippen molar-refractivity contribution >= 4 is 21.8 Å². The minimum Gasteiger partial charge on any atom is -0.507 e. The molecule has 0 atom stereocenters. The van der Waals surface area contributed by atoms with E-state index in [1.807, 2.05) is 48.5 Å². The molecule has 0 aliphatic rings. The van der Waals surface area contributed by atoms with Gasteiger partial charge in [0.1, 0.15) is 11.6 Å². The van der Waals surface area contributed by atoms with Crippen LogP contribution < -0.4 is 0 Å². The third-order valence-corrected chi connectivity index (χ3v) is 11.3. The lowest BCUT2D eigenvalue weighted by Gasteiger charge is -2.26. The Morgan fingerprint density at radius 3 is 1.81 bits per heavy atom. The van der Waals surface area contributed by atoms with E-state index in [9.17, 15) is 5.11 Å². The van der Waals surface area contributed by atoms with Crippen LogP contribution in [-0.4, -0.2) is 19.6 Å². The monoisotopic (exact) mass is 771 g/mol. The van der Waals surface area contributed by atoms with Crippen molar-refractivity contribution in [3.63, 3.8) is 0 Å². The minimum absolute atomic E-state index is 0.0883. The molecule has 0 unspecified atom stereocenters. The molecule has 5 heteroatoms. The topological polar surface area (TPSA) is 50.9 Å². The highest BCUT2D eigenvalue weighted by Gasteiger charge is 2.23. The second-order valence-corrected chi connectivity index (χ2v) is 17.5. The van der Waals surface area contributed by atoms with Crippen molar-refractivity contribution in [1.82, 2.24) is 14.5 Å². The van der Waals surface area contributed by atoms with Gasteiger partial charge in [-0.15, -0.1) is 0 Å². The molecule has 0 radical (unpaired) electrons. The fraction of sp³-hybridized carbons (Fsp3) is 0.148. The summed E-state index contributed by atoms with van der Waals surface area (Å²) >= 11 is 0. The molecule has 0 aliphatic carbocycles. The van der Waals surface area contributed by atoms with Gasteiger partial charge >= 0.3 is 0 Å². The number of aromatic hydroxyl groups is 1. The quantitative estimate of drug-likeness (QED) is 0.183. The molecule has 4 nitrogen and oxygen atoms in total. The Hall–Kier alpha value is -6.85. The predicted octanol–water partition coefficient (Wildman–Crippen LogP) is 14.3. The fourth-order valence-electron chi connectivity index (χ4n) is 8.07. The summed E-state index contributed by atoms with van der Waals surface area (Å²) < 4.78 is 18.3. The Labute approximate surface area is 345 Å². The average Bonchev–Trinajstić information content (AvgIpc) is 3.58. The van der Waals surface area contributed by atoms with Gasteiger partial charge in [0.15, 0.2) is 0 Å². The lowest BCUT2D eigenvalue weighted by molar-refractivity contribution is 0.477. The molecule has 6 aromatic carbocycles. The maximum atomic E-state index is 16.0. The molecular weight excluding hydrogens is 726 g/mol. The lowest BCUT2D eigenvalue weighted by atomic mass is 9.79. The molecule has 9 aromatic rings. The van der Waals surface area contributed by atoms with E-state index >= 15 is 4.39 Å². The van der Waals surface area contributed by atoms with Gasteiger partial charge in [0.2, 0.25) is 0 Å². The van der Waals surface area contributed by atoms with Gasteiger partial charge in [0.25, 0.3) is 0 Å². The van der Waals surface area contributed by atoms with Crippen LogP contribution in [0.5, 0.6) is 5.75 Å². The number of para-hydroxylation sites is 4. The van der Waals surface area contributed by atoms with Gasteiger partial charge in [-0.25, -0.2) is 9.37 Å². The molecule has 290 valence electrons. The molecule has 0 amide bonds. The first kappa shape index (κ1) is 37.7. The summed E-state index contributed by atoms with van der Waals surface area (Å²) in [5.74, 6) is -0.263. The van der Waals surface area contributed by atoms with Crippen LogP contribution >= 0.6 is 0 Å². The number of pyridine rings is 2. The first-order valence-electron chi connectivity index (χ1n) is 20.1. The van der Waals surface area contributed by atoms with E-state index in [2.05, 4.69) is 131 Å². The summed E-state index contributed by atoms with van der Waals surface area (Å²) in [5, 5.41) is 13.4. The van der Waals surface area contributed by atoms with Crippen LogP contribution in [0.15, 0.2) is 164 Å². The normalized spacial score (nSPS) is 12.1. The molecule has 0 fully saturated rings. The Morgan fingerprint density at radius 2 is 1.08 bits per heavy atom. The van der Waals surface area contributed by atoms with Crippen molar-refractivity contribution < 1.29 is 9.50 Å². The third-order valence-electron chi connectivity index (χ3n) is 11.3. The van der Waals surface area contributed by atoms with Gasteiger partial charge in [-0.3, -0.25) is 4.98 Å². The van der Waals surface area contributed by atoms with E-state index in [0.717, 1.165) is 44.4 Å². The molecular formula is C54H46FN3O. The fourth-order valence-corrected chi connectivity index (χ4v) is 8.07. The largest absolute Gasteiger partial charge is 0.507 e. The number of halogens is 1. The van der Waals surface area contributed by atoms with Crippen molar-refractivity contribution in [2.75, 3.05) is 0 Å². The Bertz CT molecular complexity index is 3010. The molecule has 3 aromatic heterocycles. The molecule has 0 spiro atoms. The highest BCUT2D eigenvalue weighted by molar-refractivity contribution is 6.13. The number of hydrogen-bond donors (Lipinski definition) is 1. The van der Waals surface area contributed by atoms with E-state index in [1.54, 1.807) is 18.3 Å². The second kappa shape index (κ2) is 14.5. The van der Waals surface area contributed by atoms with Crippen LogP contribution in [0.25, 0.3) is 83.5 Å². The minimum atomic E-state index is -0.392. The molecule has 0 aliphatic heterocycles. The Balaban J connectivity index is 1.21. The summed E-state index contributed by atoms with van der Waals surface area (Å²) in [4.78, 5) is 9.88. The zero-order valence-corrected chi connectivity index (χ0v) is 34.3. The van der Waals surface area contributed by atoms with Crippen LogP contribution in [0.3, 0.4) is 0 Å². The van der Waals surface area contributed by atoms with Gasteiger partial charge in [-0.1, -0.05) is 126 Å². The molecule has 59 heavy (non-hydrogen) atoms. The van der Waals surface area contributed by atoms with Crippen LogP contribution in [-0.2, 0) is 10.8 Å². The number of nitrogens with zero attached hydrogens (tertiary/aromatic N) is 3. The maximum Gasteiger partial charge on any atom is 0.124 e. The number of phenols is 1. The lowest BCUT2D eigenvalue weighted by Crippen LogP contribution is -2.16. The van der Waals surface area contributed by atoms with Crippen molar-refractivity contribution in [2.24, 2.45) is 0 Å². The average molecular weight is 772 g/mol. The third kappa shape index (κ3) is 7.18. The molecule has 1 N–H and O–H groups in total. The van der Waals surface area contributed by atoms with Crippen molar-refractivity contribution in [3.05, 3.63) is 181 Å². The highest BCUT2D eigenvalue weighted by atomic mass is 19.1. The standard InChI is InChI=1S/C54H46FN3O/c1-53(2,3)39-26-35(27-40(33-39)54(4,5)6)36-31-48(57-49(32-36)46-18-11-13-22-51(46)59)38-25-37(28-41(55)29-38)47-30-34(23-24-56-47)43-19-14-20-45-44-17-10-12-21-50(44)58(52(43)45)42-15-8-7-9-16-42/h7-33,59H,1-6H3. The van der Waals surface area contributed by atoms with Crippen molar-refractivity contribution in [3.8, 4) is 67.5 Å². The molecule has 0 saturated heterocycles. The van der Waals surface area contributed by atoms with Gasteiger partial charge in [-0.2, -0.15) is 0 Å². The number of fused-ring (bicyclic) bond motifs is 3. The van der Waals surface area contributed by atoms with E-state index in [0.29, 0.717) is 33.8 Å². The van der Waals surface area contributed by atoms with Gasteiger partial charge < -0.3 is 9.67 Å². The van der Waals surface area contributed by atoms with E-state index in [1.165, 1.54) is 28.6 Å². The number of hydrogen-bond acceptors (Lipinski definition) is 3. The molecule has 0 saturated carbocycles. The van der Waals surface area contributed by atoms with Gasteiger partial charge in [0, 0.05) is 44.9 Å². The number of aromatic nitrogens is 3. The van der Waals surface area contributed by atoms with Crippen LogP contribution in [0.1, 0.15) is 52.7 Å². The summed E-state index contributed by atoms with van der Waals surface area (Å²) in [6.07, 6.45) is 1.80.